The third kappa shape index (κ3) is 6.14. The molecule has 1 aromatic carbocycles. The lowest BCUT2D eigenvalue weighted by molar-refractivity contribution is -0.384. The van der Waals surface area contributed by atoms with Crippen LogP contribution in [0.2, 0.25) is 0 Å². The standard InChI is InChI=1S/C24H27BrF2N6O4/c1-28-18-8-15(11-29-12-18)22(34)31-6-2-4-17(13-31)30-21-19(9-16(25)10-20(21)33(36)37)23(35)32-7-3-5-24(26,27)14-32/h8-12,17,28,30H,2-7,13-14H2,1H3. The molecule has 2 aliphatic rings. The molecule has 198 valence electrons. The van der Waals surface area contributed by atoms with Gasteiger partial charge in [0.25, 0.3) is 23.4 Å². The highest BCUT2D eigenvalue weighted by atomic mass is 79.9. The molecule has 0 aliphatic carbocycles. The first-order valence-electron chi connectivity index (χ1n) is 11.9. The van der Waals surface area contributed by atoms with Gasteiger partial charge in [0, 0.05) is 62.1 Å². The molecule has 2 amide bonds. The summed E-state index contributed by atoms with van der Waals surface area (Å²) in [6.07, 6.45) is 4.14. The van der Waals surface area contributed by atoms with E-state index in [1.807, 2.05) is 0 Å². The molecule has 4 rings (SSSR count). The van der Waals surface area contributed by atoms with Crippen molar-refractivity contribution >= 4 is 44.8 Å². The fourth-order valence-corrected chi connectivity index (χ4v) is 5.17. The smallest absolute Gasteiger partial charge is 0.294 e. The Labute approximate surface area is 220 Å². The van der Waals surface area contributed by atoms with Gasteiger partial charge in [-0.2, -0.15) is 0 Å². The fraction of sp³-hybridized carbons (Fsp3) is 0.458. The number of carbonyl (C=O) groups excluding carboxylic acids is 2. The van der Waals surface area contributed by atoms with Crippen molar-refractivity contribution in [1.29, 1.82) is 0 Å². The van der Waals surface area contributed by atoms with Gasteiger partial charge >= 0.3 is 0 Å². The van der Waals surface area contributed by atoms with Crippen LogP contribution in [0.25, 0.3) is 0 Å². The van der Waals surface area contributed by atoms with E-state index in [1.165, 1.54) is 18.3 Å². The molecule has 0 bridgehead atoms. The summed E-state index contributed by atoms with van der Waals surface area (Å²) in [6, 6.07) is 3.97. The van der Waals surface area contributed by atoms with Crippen LogP contribution in [-0.4, -0.2) is 76.7 Å². The van der Waals surface area contributed by atoms with Crippen LogP contribution in [0.5, 0.6) is 0 Å². The molecular weight excluding hydrogens is 554 g/mol. The number of piperidine rings is 2. The van der Waals surface area contributed by atoms with E-state index in [9.17, 15) is 28.5 Å². The Morgan fingerprint density at radius 2 is 1.92 bits per heavy atom. The van der Waals surface area contributed by atoms with Gasteiger partial charge in [0.1, 0.15) is 5.69 Å². The van der Waals surface area contributed by atoms with Crippen molar-refractivity contribution in [1.82, 2.24) is 14.8 Å². The van der Waals surface area contributed by atoms with E-state index in [0.717, 1.165) is 4.90 Å². The SMILES string of the molecule is CNc1cncc(C(=O)N2CCCC(Nc3c(C(=O)N4CCCC(F)(F)C4)cc(Br)cc3[N+](=O)[O-])C2)c1. The molecule has 0 spiro atoms. The molecule has 2 saturated heterocycles. The third-order valence-corrected chi connectivity index (χ3v) is 6.98. The summed E-state index contributed by atoms with van der Waals surface area (Å²) in [5.41, 5.74) is 0.646. The lowest BCUT2D eigenvalue weighted by Gasteiger charge is -2.35. The van der Waals surface area contributed by atoms with Gasteiger partial charge in [-0.1, -0.05) is 15.9 Å². The number of alkyl halides is 2. The highest BCUT2D eigenvalue weighted by molar-refractivity contribution is 9.10. The van der Waals surface area contributed by atoms with Crippen LogP contribution in [0.3, 0.4) is 0 Å². The number of halogens is 3. The number of nitrogens with zero attached hydrogens (tertiary/aromatic N) is 4. The predicted octanol–water partition coefficient (Wildman–Crippen LogP) is 4.38. The normalized spacial score (nSPS) is 19.3. The number of hydrogen-bond acceptors (Lipinski definition) is 7. The Morgan fingerprint density at radius 1 is 1.16 bits per heavy atom. The van der Waals surface area contributed by atoms with Crippen molar-refractivity contribution in [3.05, 3.63) is 56.3 Å². The summed E-state index contributed by atoms with van der Waals surface area (Å²) < 4.78 is 28.3. The van der Waals surface area contributed by atoms with E-state index < -0.39 is 29.3 Å². The van der Waals surface area contributed by atoms with Gasteiger partial charge in [-0.15, -0.1) is 0 Å². The molecule has 3 heterocycles. The second kappa shape index (κ2) is 11.0. The summed E-state index contributed by atoms with van der Waals surface area (Å²) in [6.45, 7) is 0.139. The molecule has 2 aromatic rings. The van der Waals surface area contributed by atoms with Crippen LogP contribution in [0.1, 0.15) is 46.4 Å². The van der Waals surface area contributed by atoms with Crippen LogP contribution in [0.4, 0.5) is 25.8 Å². The van der Waals surface area contributed by atoms with Crippen LogP contribution < -0.4 is 10.6 Å². The molecule has 2 fully saturated rings. The minimum atomic E-state index is -3.01. The van der Waals surface area contributed by atoms with Gasteiger partial charge in [-0.3, -0.25) is 24.7 Å². The number of nitro groups is 1. The van der Waals surface area contributed by atoms with Gasteiger partial charge in [0.05, 0.1) is 28.3 Å². The van der Waals surface area contributed by atoms with Gasteiger partial charge in [-0.05, 0) is 31.4 Å². The summed E-state index contributed by atoms with van der Waals surface area (Å²) in [5.74, 6) is -3.94. The zero-order valence-corrected chi connectivity index (χ0v) is 21.8. The Hall–Kier alpha value is -3.35. The highest BCUT2D eigenvalue weighted by Crippen LogP contribution is 2.36. The second-order valence-corrected chi connectivity index (χ2v) is 10.2. The number of hydrogen-bond donors (Lipinski definition) is 2. The first kappa shape index (κ1) is 26.7. The van der Waals surface area contributed by atoms with Crippen molar-refractivity contribution < 1.29 is 23.3 Å². The monoisotopic (exact) mass is 580 g/mol. The van der Waals surface area contributed by atoms with Crippen LogP contribution >= 0.6 is 15.9 Å². The highest BCUT2D eigenvalue weighted by Gasteiger charge is 2.39. The molecule has 13 heteroatoms. The largest absolute Gasteiger partial charge is 0.387 e. The van der Waals surface area contributed by atoms with Crippen molar-refractivity contribution in [2.45, 2.75) is 37.6 Å². The Kier molecular flexibility index (Phi) is 7.90. The number of nitrogens with one attached hydrogen (secondary N) is 2. The quantitative estimate of drug-likeness (QED) is 0.384. The van der Waals surface area contributed by atoms with Gasteiger partial charge in [-0.25, -0.2) is 8.78 Å². The molecular formula is C24H27BrF2N6O4. The van der Waals surface area contributed by atoms with Crippen LogP contribution in [-0.2, 0) is 0 Å². The van der Waals surface area contributed by atoms with E-state index in [2.05, 4.69) is 31.5 Å². The van der Waals surface area contributed by atoms with E-state index in [0.29, 0.717) is 30.6 Å². The second-order valence-electron chi connectivity index (χ2n) is 9.24. The Bertz CT molecular complexity index is 1210. The number of carbonyl (C=O) groups is 2. The summed E-state index contributed by atoms with van der Waals surface area (Å²) in [7, 11) is 1.72. The minimum absolute atomic E-state index is 0.0368. The van der Waals surface area contributed by atoms with Gasteiger partial charge in [0.2, 0.25) is 0 Å². The maximum absolute atomic E-state index is 14.0. The zero-order chi connectivity index (χ0) is 26.7. The average Bonchev–Trinajstić information content (AvgIpc) is 2.88. The lowest BCUT2D eigenvalue weighted by Crippen LogP contribution is -2.47. The number of rotatable bonds is 6. The van der Waals surface area contributed by atoms with Crippen molar-refractivity contribution in [2.75, 3.05) is 43.9 Å². The minimum Gasteiger partial charge on any atom is -0.387 e. The van der Waals surface area contributed by atoms with Crippen LogP contribution in [0, 0.1) is 10.1 Å². The van der Waals surface area contributed by atoms with E-state index in [4.69, 9.17) is 0 Å². The summed E-state index contributed by atoms with van der Waals surface area (Å²) in [4.78, 5) is 44.5. The van der Waals surface area contributed by atoms with Gasteiger partial charge < -0.3 is 20.4 Å². The average molecular weight is 581 g/mol. The Balaban J connectivity index is 1.60. The number of amides is 2. The zero-order valence-electron chi connectivity index (χ0n) is 20.2. The molecule has 1 aromatic heterocycles. The fourth-order valence-electron chi connectivity index (χ4n) is 4.73. The van der Waals surface area contributed by atoms with Crippen molar-refractivity contribution in [2.24, 2.45) is 0 Å². The maximum Gasteiger partial charge on any atom is 0.294 e. The molecule has 37 heavy (non-hydrogen) atoms. The molecule has 10 nitrogen and oxygen atoms in total. The maximum atomic E-state index is 14.0. The van der Waals surface area contributed by atoms with E-state index in [-0.39, 0.29) is 53.2 Å². The van der Waals surface area contributed by atoms with Crippen LogP contribution in [0.15, 0.2) is 35.1 Å². The first-order chi connectivity index (χ1) is 17.6. The molecule has 2 N–H and O–H groups in total. The molecule has 0 saturated carbocycles. The third-order valence-electron chi connectivity index (χ3n) is 6.52. The lowest BCUT2D eigenvalue weighted by atomic mass is 10.0. The van der Waals surface area contributed by atoms with Crippen molar-refractivity contribution in [3.8, 4) is 0 Å². The predicted molar refractivity (Wildman–Crippen MR) is 137 cm³/mol. The number of anilines is 2. The molecule has 0 radical (unpaired) electrons. The molecule has 1 unspecified atom stereocenters. The first-order valence-corrected chi connectivity index (χ1v) is 12.7. The number of aromatic nitrogens is 1. The van der Waals surface area contributed by atoms with Gasteiger partial charge in [0.15, 0.2) is 0 Å². The van der Waals surface area contributed by atoms with E-state index >= 15 is 0 Å². The topological polar surface area (TPSA) is 121 Å². The number of likely N-dealkylation sites (tertiary alicyclic amines) is 2. The number of nitro benzene ring substituents is 1. The number of pyridine rings is 1. The summed E-state index contributed by atoms with van der Waals surface area (Å²) in [5, 5.41) is 18.0. The molecule has 1 atom stereocenters. The summed E-state index contributed by atoms with van der Waals surface area (Å²) >= 11 is 3.21. The molecule has 2 aliphatic heterocycles. The van der Waals surface area contributed by atoms with E-state index in [1.54, 1.807) is 24.2 Å². The Morgan fingerprint density at radius 3 is 2.62 bits per heavy atom. The van der Waals surface area contributed by atoms with Crippen molar-refractivity contribution in [3.63, 3.8) is 0 Å². The number of benzene rings is 1.